The average molecular weight is 1790 g/mol. The Bertz CT molecular complexity index is 6430. The molecule has 29 heteroatoms. The Morgan fingerprint density at radius 3 is 1.67 bits per heavy atom. The molecule has 6 aromatic carbocycles. The first-order chi connectivity index (χ1) is 59.9. The van der Waals surface area contributed by atoms with Crippen molar-refractivity contribution in [3.8, 4) is 11.4 Å². The number of imidazole rings is 1. The molecule has 0 bridgehead atoms. The fourth-order valence-corrected chi connectivity index (χ4v) is 20.0. The number of halogens is 1. The van der Waals surface area contributed by atoms with Crippen LogP contribution in [0.2, 0.25) is 0 Å². The number of piperazine rings is 1. The van der Waals surface area contributed by atoms with Crippen LogP contribution in [0.3, 0.4) is 0 Å². The molecule has 4 atom stereocenters. The van der Waals surface area contributed by atoms with E-state index in [4.69, 9.17) is 19.7 Å². The molecule has 3 fully saturated rings. The summed E-state index contributed by atoms with van der Waals surface area (Å²) in [6.45, 7) is 15.8. The maximum Gasteiger partial charge on any atom is 0.266 e. The third kappa shape index (κ3) is 20.6. The summed E-state index contributed by atoms with van der Waals surface area (Å²) in [5.41, 5.74) is 13.8. The van der Waals surface area contributed by atoms with Gasteiger partial charge in [0.2, 0.25) is 17.8 Å². The van der Waals surface area contributed by atoms with Gasteiger partial charge in [-0.05, 0) is 266 Å². The Hall–Kier alpha value is -11.0. The van der Waals surface area contributed by atoms with Gasteiger partial charge in [0.05, 0.1) is 63.6 Å². The Morgan fingerprint density at radius 2 is 1.11 bits per heavy atom. The predicted octanol–water partition coefficient (Wildman–Crippen LogP) is 15.2. The molecule has 17 rings (SSSR count). The van der Waals surface area contributed by atoms with E-state index in [-0.39, 0.29) is 35.0 Å². The molecule has 1 aliphatic carbocycles. The van der Waals surface area contributed by atoms with Crippen LogP contribution in [0.15, 0.2) is 234 Å². The van der Waals surface area contributed by atoms with Gasteiger partial charge in [-0.1, -0.05) is 86.2 Å². The van der Waals surface area contributed by atoms with E-state index in [0.29, 0.717) is 96.6 Å². The normalized spacial score (nSPS) is 16.5. The van der Waals surface area contributed by atoms with Crippen LogP contribution in [0, 0.1) is 0 Å². The number of anilines is 7. The van der Waals surface area contributed by atoms with Crippen molar-refractivity contribution >= 4 is 132 Å². The molecule has 0 saturated carbocycles. The summed E-state index contributed by atoms with van der Waals surface area (Å²) in [7, 11) is 5.19. The molecule has 4 unspecified atom stereocenters. The Kier molecular flexibility index (Phi) is 28.0. The number of ether oxygens (including phenoxy) is 1. The number of hydrogen-bond donors (Lipinski definition) is 3. The van der Waals surface area contributed by atoms with E-state index in [1.54, 1.807) is 64.0 Å². The standard InChI is InChI=1S/C34H39N7O2S.C34H40N6O3S.C27H28BrN5O2S/c1-23(2)44(5,43)29-8-6-7-24(19-29)22-41-31-27(20-30(33(41)42)32-35-15-18-40(32)4)21-36-34(38-31)37-28-11-9-25(10-12-28)26-13-16-39(3)17-14-26;1-24-5-4-6-30(24)31-21-26-22-35-34(36-27-9-11-28(12-10-27)39-17-15-38(2)16-18-39)37-32(26)40(33(31)41)23-25-7-13-29(14-8-25)44(42)20-19-43-3;1-32-13-5-7-19(16-32)18-9-11-22(12-10-18)30-27-29-15-21-14-23(28)26(34)33(25(21)31-27)17-20-6-3-4-8-24(20)36(2)35/h6-12,15,18-21,23,26H,5,13-14,16-17,22H2,1-4H3,(H,36,37,38);7-14,21-22H,4-6,15-20,23H2,1-3H3,(H,35,36,37);3-4,6,8-12,14-15,19H,5,7,13,16-17H2,1-2H3,(H,29,30,31). The van der Waals surface area contributed by atoms with E-state index in [0.717, 1.165) is 126 Å². The van der Waals surface area contributed by atoms with Crippen LogP contribution in [0.25, 0.3) is 50.1 Å². The van der Waals surface area contributed by atoms with Gasteiger partial charge in [0, 0.05) is 149 Å². The van der Waals surface area contributed by atoms with Gasteiger partial charge >= 0.3 is 0 Å². The minimum absolute atomic E-state index is 0.0531. The van der Waals surface area contributed by atoms with Crippen molar-refractivity contribution in [2.75, 3.05) is 120 Å². The van der Waals surface area contributed by atoms with E-state index >= 15 is 0 Å². The lowest BCUT2D eigenvalue weighted by Crippen LogP contribution is -2.44. The highest BCUT2D eigenvalue weighted by Gasteiger charge is 2.26. The number of fused-ring (bicyclic) bond motifs is 3. The van der Waals surface area contributed by atoms with Crippen molar-refractivity contribution in [1.29, 1.82) is 0 Å². The van der Waals surface area contributed by atoms with Crippen LogP contribution in [0.1, 0.15) is 111 Å². The van der Waals surface area contributed by atoms with Crippen molar-refractivity contribution in [3.05, 3.63) is 269 Å². The van der Waals surface area contributed by atoms with Crippen molar-refractivity contribution in [3.63, 3.8) is 0 Å². The number of aromatic nitrogens is 11. The van der Waals surface area contributed by atoms with E-state index in [9.17, 15) is 27.0 Å². The second kappa shape index (κ2) is 39.4. The summed E-state index contributed by atoms with van der Waals surface area (Å²) in [5.74, 6) is 7.41. The summed E-state index contributed by atoms with van der Waals surface area (Å²) in [5, 5.41) is 12.1. The number of nitrogens with one attached hydrogen (secondary N) is 3. The number of nitrogens with zero attached hydrogens (tertiary/aromatic N) is 15. The zero-order valence-electron chi connectivity index (χ0n) is 71.7. The molecule has 3 saturated heterocycles. The number of likely N-dealkylation sites (tertiary alicyclic amines) is 2. The SMILES string of the molecule is C=S(=O)(c1cccc(Cn2c(=O)c(-c3nccn3C)cc3cnc(Nc4ccc(C5CCN(C)CC5)cc4)nc32)c1)C(C)C.CN1CCCC(c2ccc(Nc3ncc4cc(Br)c(=O)n(Cc5ccccc5S(C)=O)c4n3)cc2)C1.COCCS(=O)c1ccc(Cn2c(=O)c(C3=C(C)CCC3)cc3cnc(Nc4ccc(N5CCN(C)CC5)cc4)nc32)cc1. The molecule has 4 aliphatic rings. The van der Waals surface area contributed by atoms with Gasteiger partial charge in [-0.2, -0.15) is 15.0 Å². The molecule has 7 aromatic heterocycles. The number of methoxy groups -OCH3 is 1. The first-order valence-electron chi connectivity index (χ1n) is 42.2. The highest BCUT2D eigenvalue weighted by Crippen LogP contribution is 2.36. The van der Waals surface area contributed by atoms with Crippen LogP contribution >= 0.6 is 15.9 Å². The fourth-order valence-electron chi connectivity index (χ4n) is 16.6. The third-order valence-electron chi connectivity index (χ3n) is 23.9. The third-order valence-corrected chi connectivity index (χ3v) is 29.4. The van der Waals surface area contributed by atoms with E-state index in [1.807, 2.05) is 123 Å². The summed E-state index contributed by atoms with van der Waals surface area (Å²) >= 11 is 3.38. The number of piperidine rings is 2. The van der Waals surface area contributed by atoms with Crippen LogP contribution in [0.5, 0.6) is 0 Å². The van der Waals surface area contributed by atoms with Crippen molar-refractivity contribution < 1.29 is 17.4 Å². The highest BCUT2D eigenvalue weighted by atomic mass is 79.9. The quantitative estimate of drug-likeness (QED) is 0.0474. The van der Waals surface area contributed by atoms with Gasteiger partial charge in [-0.3, -0.25) is 40.7 Å². The zero-order valence-corrected chi connectivity index (χ0v) is 75.8. The molecule has 3 N–H and O–H groups in total. The smallest absolute Gasteiger partial charge is 0.266 e. The van der Waals surface area contributed by atoms with Crippen molar-refractivity contribution in [2.24, 2.45) is 7.05 Å². The lowest BCUT2D eigenvalue weighted by atomic mass is 9.89. The van der Waals surface area contributed by atoms with Gasteiger partial charge in [-0.15, -0.1) is 0 Å². The molecular weight excluding hydrogens is 1680 g/mol. The highest BCUT2D eigenvalue weighted by molar-refractivity contribution is 9.10. The van der Waals surface area contributed by atoms with Gasteiger partial charge < -0.3 is 44.9 Å². The van der Waals surface area contributed by atoms with Crippen molar-refractivity contribution in [2.45, 2.75) is 117 Å². The van der Waals surface area contributed by atoms with Crippen molar-refractivity contribution in [1.82, 2.24) is 67.9 Å². The van der Waals surface area contributed by atoms with E-state index in [2.05, 4.69) is 166 Å². The maximum atomic E-state index is 14.1. The van der Waals surface area contributed by atoms with Crippen LogP contribution < -0.4 is 37.5 Å². The molecular formula is C95H107BrN18O7S3. The second-order valence-corrected chi connectivity index (χ2v) is 39.6. The van der Waals surface area contributed by atoms with Gasteiger partial charge in [0.15, 0.2) is 0 Å². The summed E-state index contributed by atoms with van der Waals surface area (Å²) in [6, 6.07) is 53.4. The van der Waals surface area contributed by atoms with Crippen LogP contribution in [0.4, 0.5) is 40.6 Å². The number of likely N-dealkylation sites (N-methyl/N-ethyl adjacent to an activating group) is 2. The molecule has 644 valence electrons. The molecule has 0 spiro atoms. The molecule has 3 aliphatic heterocycles. The number of aryl methyl sites for hydroxylation is 1. The van der Waals surface area contributed by atoms with Gasteiger partial charge in [0.1, 0.15) is 22.8 Å². The first kappa shape index (κ1) is 87.9. The molecule has 25 nitrogen and oxygen atoms in total. The molecule has 13 aromatic rings. The average Bonchev–Trinajstić information content (AvgIpc) is 0.799. The van der Waals surface area contributed by atoms with Gasteiger partial charge in [0.25, 0.3) is 16.7 Å². The first-order valence-corrected chi connectivity index (χ1v) is 47.6. The molecule has 0 amide bonds. The number of benzene rings is 6. The lowest BCUT2D eigenvalue weighted by Gasteiger charge is -2.34. The monoisotopic (exact) mass is 1790 g/mol. The molecule has 0 radical (unpaired) electrons. The largest absolute Gasteiger partial charge is 0.384 e. The number of hydrogen-bond acceptors (Lipinski definition) is 21. The Morgan fingerprint density at radius 1 is 0.565 bits per heavy atom. The number of pyridine rings is 3. The maximum absolute atomic E-state index is 14.1. The summed E-state index contributed by atoms with van der Waals surface area (Å²) in [4.78, 5) is 85.4. The second-order valence-electron chi connectivity index (χ2n) is 33.0. The zero-order chi connectivity index (χ0) is 86.9. The minimum atomic E-state index is -2.49. The summed E-state index contributed by atoms with van der Waals surface area (Å²) in [6.07, 6.45) is 18.1. The fraction of sp³-hybridized carbons (Fsp3) is 0.337. The lowest BCUT2D eigenvalue weighted by molar-refractivity contribution is 0.218. The predicted molar refractivity (Wildman–Crippen MR) is 506 cm³/mol. The van der Waals surface area contributed by atoms with Gasteiger partial charge in [-0.25, -0.2) is 19.9 Å². The van der Waals surface area contributed by atoms with Crippen LogP contribution in [-0.2, 0) is 62.5 Å². The van der Waals surface area contributed by atoms with E-state index in [1.165, 1.54) is 54.6 Å². The van der Waals surface area contributed by atoms with E-state index < -0.39 is 31.1 Å². The molecule has 124 heavy (non-hydrogen) atoms. The summed E-state index contributed by atoms with van der Waals surface area (Å²) < 4.78 is 50.5. The minimum Gasteiger partial charge on any atom is -0.384 e. The number of rotatable bonds is 24. The topological polar surface area (TPSA) is 271 Å². The Balaban J connectivity index is 0.000000145. The molecule has 10 heterocycles. The van der Waals surface area contributed by atoms with Crippen LogP contribution in [-0.4, -0.2) is 191 Å². The Labute approximate surface area is 737 Å². The number of allylic oxidation sites excluding steroid dienone is 2.